The van der Waals surface area contributed by atoms with Gasteiger partial charge in [-0.2, -0.15) is 0 Å². The minimum absolute atomic E-state index is 0.0574. The molecule has 0 saturated heterocycles. The highest BCUT2D eigenvalue weighted by Crippen LogP contribution is 2.36. The summed E-state index contributed by atoms with van der Waals surface area (Å²) >= 11 is 0. The van der Waals surface area contributed by atoms with Crippen LogP contribution in [-0.4, -0.2) is 64.9 Å². The number of anilines is 1. The zero-order chi connectivity index (χ0) is 25.6. The number of benzene rings is 2. The molecule has 0 radical (unpaired) electrons. The minimum Gasteiger partial charge on any atom is -0.497 e. The molecule has 1 aliphatic rings. The Hall–Kier alpha value is -3.47. The smallest absolute Gasteiger partial charge is 0.242 e. The Morgan fingerprint density at radius 2 is 1.89 bits per heavy atom. The van der Waals surface area contributed by atoms with Crippen LogP contribution < -0.4 is 23.8 Å². The third-order valence-electron chi connectivity index (χ3n) is 5.70. The Morgan fingerprint density at radius 3 is 2.57 bits per heavy atom. The van der Waals surface area contributed by atoms with Crippen molar-refractivity contribution in [3.8, 4) is 17.2 Å². The third kappa shape index (κ3) is 6.56. The Morgan fingerprint density at radius 1 is 1.14 bits per heavy atom. The topological polar surface area (TPSA) is 114 Å². The maximum atomic E-state index is 13.2. The van der Waals surface area contributed by atoms with E-state index in [0.717, 1.165) is 11.8 Å². The molecule has 0 aliphatic carbocycles. The van der Waals surface area contributed by atoms with Crippen molar-refractivity contribution in [2.45, 2.75) is 32.4 Å². The molecule has 0 fully saturated rings. The van der Waals surface area contributed by atoms with Crippen LogP contribution in [0, 0.1) is 0 Å². The summed E-state index contributed by atoms with van der Waals surface area (Å²) in [4.78, 5) is 27.0. The lowest BCUT2D eigenvalue weighted by Crippen LogP contribution is -2.46. The number of hydrogen-bond acceptors (Lipinski definition) is 7. The molecule has 1 N–H and O–H groups in total. The maximum Gasteiger partial charge on any atom is 0.242 e. The van der Waals surface area contributed by atoms with Gasteiger partial charge in [0.05, 0.1) is 19.1 Å². The highest BCUT2D eigenvalue weighted by Gasteiger charge is 2.26. The highest BCUT2D eigenvalue weighted by atomic mass is 32.2. The van der Waals surface area contributed by atoms with Crippen LogP contribution in [-0.2, 0) is 26.2 Å². The number of ether oxygens (including phenoxy) is 3. The summed E-state index contributed by atoms with van der Waals surface area (Å²) in [6, 6.07) is 11.5. The number of carbonyl (C=O) groups is 2. The molecule has 190 valence electrons. The van der Waals surface area contributed by atoms with Crippen LogP contribution in [0.4, 0.5) is 5.69 Å². The number of sulfonamides is 1. The molecule has 0 unspecified atom stereocenters. The van der Waals surface area contributed by atoms with Gasteiger partial charge in [-0.25, -0.2) is 8.42 Å². The molecular formula is C24H31N3O7S. The van der Waals surface area contributed by atoms with Crippen LogP contribution in [0.2, 0.25) is 0 Å². The fourth-order valence-corrected chi connectivity index (χ4v) is 4.76. The van der Waals surface area contributed by atoms with Gasteiger partial charge in [0.25, 0.3) is 0 Å². The first-order chi connectivity index (χ1) is 16.6. The van der Waals surface area contributed by atoms with E-state index in [2.05, 4.69) is 5.32 Å². The lowest BCUT2D eigenvalue weighted by Gasteiger charge is -2.29. The number of carbonyl (C=O) groups excluding carboxylic acids is 2. The molecule has 3 rings (SSSR count). The van der Waals surface area contributed by atoms with E-state index in [0.29, 0.717) is 22.9 Å². The molecule has 2 aromatic rings. The number of nitrogens with one attached hydrogen (secondary N) is 1. The number of methoxy groups -OCH3 is 1. The van der Waals surface area contributed by atoms with Crippen molar-refractivity contribution >= 4 is 27.5 Å². The second-order valence-electron chi connectivity index (χ2n) is 8.14. The van der Waals surface area contributed by atoms with Gasteiger partial charge in [-0.15, -0.1) is 0 Å². The first-order valence-corrected chi connectivity index (χ1v) is 13.0. The predicted molar refractivity (Wildman–Crippen MR) is 131 cm³/mol. The van der Waals surface area contributed by atoms with E-state index in [9.17, 15) is 18.0 Å². The molecule has 0 bridgehead atoms. The Kier molecular flexibility index (Phi) is 8.44. The zero-order valence-corrected chi connectivity index (χ0v) is 21.1. The standard InChI is InChI=1S/C24H31N3O7S/c1-17(24(29)25-2)26(15-18-7-5-8-20(13-18)32-3)23(28)9-6-12-27(35(4,30)31)19-10-11-21-22(14-19)34-16-33-21/h5,7-8,10-11,13-14,17H,6,9,12,15-16H2,1-4H3,(H,25,29)/t17-/m0/s1. The molecule has 0 saturated carbocycles. The highest BCUT2D eigenvalue weighted by molar-refractivity contribution is 7.92. The van der Waals surface area contributed by atoms with Crippen LogP contribution in [0.5, 0.6) is 17.2 Å². The fourth-order valence-electron chi connectivity index (χ4n) is 3.80. The fraction of sp³-hybridized carbons (Fsp3) is 0.417. The summed E-state index contributed by atoms with van der Waals surface area (Å²) in [6.45, 7) is 2.04. The molecular weight excluding hydrogens is 474 g/mol. The lowest BCUT2D eigenvalue weighted by atomic mass is 10.1. The van der Waals surface area contributed by atoms with Crippen LogP contribution in [0.25, 0.3) is 0 Å². The maximum absolute atomic E-state index is 13.2. The van der Waals surface area contributed by atoms with Crippen molar-refractivity contribution < 1.29 is 32.2 Å². The Balaban J connectivity index is 1.72. The Labute approximate surface area is 205 Å². The summed E-state index contributed by atoms with van der Waals surface area (Å²) in [7, 11) is -0.535. The van der Waals surface area contributed by atoms with Crippen molar-refractivity contribution in [1.82, 2.24) is 10.2 Å². The third-order valence-corrected chi connectivity index (χ3v) is 6.89. The number of amides is 2. The number of rotatable bonds is 11. The van der Waals surface area contributed by atoms with E-state index >= 15 is 0 Å². The quantitative estimate of drug-likeness (QED) is 0.498. The number of nitrogens with zero attached hydrogens (tertiary/aromatic N) is 2. The van der Waals surface area contributed by atoms with Gasteiger partial charge < -0.3 is 24.4 Å². The van der Waals surface area contributed by atoms with Gasteiger partial charge in [0.15, 0.2) is 11.5 Å². The first kappa shape index (κ1) is 26.1. The van der Waals surface area contributed by atoms with Gasteiger partial charge in [0.1, 0.15) is 11.8 Å². The van der Waals surface area contributed by atoms with Crippen molar-refractivity contribution in [3.63, 3.8) is 0 Å². The number of hydrogen-bond donors (Lipinski definition) is 1. The van der Waals surface area contributed by atoms with E-state index in [1.54, 1.807) is 38.3 Å². The molecule has 2 aromatic carbocycles. The van der Waals surface area contributed by atoms with Gasteiger partial charge in [-0.05, 0) is 43.2 Å². The van der Waals surface area contributed by atoms with Crippen LogP contribution in [0.1, 0.15) is 25.3 Å². The lowest BCUT2D eigenvalue weighted by molar-refractivity contribution is -0.140. The number of likely N-dealkylation sites (N-methyl/N-ethyl adjacent to an activating group) is 1. The van der Waals surface area contributed by atoms with Crippen molar-refractivity contribution in [1.29, 1.82) is 0 Å². The summed E-state index contributed by atoms with van der Waals surface area (Å²) in [6.07, 6.45) is 1.43. The van der Waals surface area contributed by atoms with Crippen molar-refractivity contribution in [2.75, 3.05) is 38.1 Å². The SMILES string of the molecule is CNC(=O)[C@H](C)N(Cc1cccc(OC)c1)C(=O)CCCN(c1ccc2c(c1)OCO2)S(C)(=O)=O. The largest absolute Gasteiger partial charge is 0.497 e. The minimum atomic E-state index is -3.61. The summed E-state index contributed by atoms with van der Waals surface area (Å²) < 4.78 is 42.1. The van der Waals surface area contributed by atoms with Crippen LogP contribution in [0.15, 0.2) is 42.5 Å². The summed E-state index contributed by atoms with van der Waals surface area (Å²) in [5.41, 5.74) is 1.24. The molecule has 1 heterocycles. The summed E-state index contributed by atoms with van der Waals surface area (Å²) in [5.74, 6) is 1.11. The second-order valence-corrected chi connectivity index (χ2v) is 10.0. The molecule has 11 heteroatoms. The van der Waals surface area contributed by atoms with E-state index in [-0.39, 0.29) is 44.5 Å². The van der Waals surface area contributed by atoms with Gasteiger partial charge in [-0.3, -0.25) is 13.9 Å². The monoisotopic (exact) mass is 505 g/mol. The van der Waals surface area contributed by atoms with Gasteiger partial charge >= 0.3 is 0 Å². The van der Waals surface area contributed by atoms with E-state index < -0.39 is 16.1 Å². The molecule has 0 spiro atoms. The van der Waals surface area contributed by atoms with E-state index in [1.807, 2.05) is 18.2 Å². The number of fused-ring (bicyclic) bond motifs is 1. The molecule has 1 aliphatic heterocycles. The molecule has 10 nitrogen and oxygen atoms in total. The van der Waals surface area contributed by atoms with Gasteiger partial charge in [0.2, 0.25) is 28.6 Å². The van der Waals surface area contributed by atoms with E-state index in [1.165, 1.54) is 16.3 Å². The normalized spacial score (nSPS) is 13.1. The zero-order valence-electron chi connectivity index (χ0n) is 20.3. The molecule has 35 heavy (non-hydrogen) atoms. The van der Waals surface area contributed by atoms with Crippen LogP contribution in [0.3, 0.4) is 0 Å². The van der Waals surface area contributed by atoms with Gasteiger partial charge in [-0.1, -0.05) is 12.1 Å². The van der Waals surface area contributed by atoms with Crippen LogP contribution >= 0.6 is 0 Å². The van der Waals surface area contributed by atoms with E-state index in [4.69, 9.17) is 14.2 Å². The first-order valence-electron chi connectivity index (χ1n) is 11.2. The molecule has 0 aromatic heterocycles. The average molecular weight is 506 g/mol. The van der Waals surface area contributed by atoms with Gasteiger partial charge in [0, 0.05) is 32.6 Å². The Bertz CT molecular complexity index is 1170. The second kappa shape index (κ2) is 11.3. The van der Waals surface area contributed by atoms with Crippen molar-refractivity contribution in [3.05, 3.63) is 48.0 Å². The predicted octanol–water partition coefficient (Wildman–Crippen LogP) is 2.13. The molecule has 1 atom stereocenters. The summed E-state index contributed by atoms with van der Waals surface area (Å²) in [5, 5.41) is 2.58. The van der Waals surface area contributed by atoms with Crippen molar-refractivity contribution in [2.24, 2.45) is 0 Å². The molecule has 2 amide bonds. The average Bonchev–Trinajstić information content (AvgIpc) is 3.31.